The van der Waals surface area contributed by atoms with Crippen LogP contribution in [-0.2, 0) is 0 Å². The molecule has 0 saturated heterocycles. The zero-order valence-electron chi connectivity index (χ0n) is 11.5. The molecule has 0 aromatic carbocycles. The van der Waals surface area contributed by atoms with Gasteiger partial charge in [0.2, 0.25) is 0 Å². The van der Waals surface area contributed by atoms with E-state index >= 15 is 0 Å². The summed E-state index contributed by atoms with van der Waals surface area (Å²) in [6.07, 6.45) is 5.43. The minimum atomic E-state index is -0.166. The van der Waals surface area contributed by atoms with E-state index in [0.717, 1.165) is 19.4 Å². The summed E-state index contributed by atoms with van der Waals surface area (Å²) in [5, 5.41) is 14.6. The number of hydrogen-bond acceptors (Lipinski definition) is 2. The molecule has 0 bridgehead atoms. The molecule has 0 aliphatic rings. The molecule has 0 aromatic heterocycles. The van der Waals surface area contributed by atoms with Gasteiger partial charge in [-0.1, -0.05) is 40.0 Å². The molecule has 2 unspecified atom stereocenters. The molecule has 0 aliphatic heterocycles. The van der Waals surface area contributed by atoms with E-state index in [9.17, 15) is 4.79 Å². The zero-order valence-corrected chi connectivity index (χ0v) is 11.5. The van der Waals surface area contributed by atoms with Crippen molar-refractivity contribution in [3.05, 3.63) is 0 Å². The van der Waals surface area contributed by atoms with E-state index in [1.807, 2.05) is 6.92 Å². The number of aliphatic hydroxyl groups is 1. The summed E-state index contributed by atoms with van der Waals surface area (Å²) in [5.41, 5.74) is 0. The Morgan fingerprint density at radius 1 is 1.24 bits per heavy atom. The molecule has 0 aliphatic carbocycles. The third-order valence-electron chi connectivity index (χ3n) is 3.14. The Hall–Kier alpha value is -0.770. The first-order valence-electron chi connectivity index (χ1n) is 6.83. The molecule has 2 amide bonds. The Labute approximate surface area is 105 Å². The molecule has 4 heteroatoms. The number of urea groups is 1. The van der Waals surface area contributed by atoms with Crippen molar-refractivity contribution in [1.29, 1.82) is 0 Å². The van der Waals surface area contributed by atoms with Gasteiger partial charge >= 0.3 is 6.03 Å². The van der Waals surface area contributed by atoms with Crippen molar-refractivity contribution in [2.75, 3.05) is 13.2 Å². The normalized spacial score (nSPS) is 14.1. The maximum Gasteiger partial charge on any atom is 0.315 e. The van der Waals surface area contributed by atoms with Gasteiger partial charge in [0.15, 0.2) is 0 Å². The van der Waals surface area contributed by atoms with Crippen LogP contribution in [-0.4, -0.2) is 30.3 Å². The third-order valence-corrected chi connectivity index (χ3v) is 3.14. The summed E-state index contributed by atoms with van der Waals surface area (Å²) in [6.45, 7) is 7.00. The van der Waals surface area contributed by atoms with Crippen LogP contribution in [0.15, 0.2) is 0 Å². The SMILES string of the molecule is CCCCC(CC)CNC(=O)NC(CC)CO. The first-order chi connectivity index (χ1) is 8.17. The molecule has 0 saturated carbocycles. The quantitative estimate of drug-likeness (QED) is 0.582. The average Bonchev–Trinajstić information content (AvgIpc) is 2.36. The average molecular weight is 244 g/mol. The first kappa shape index (κ1) is 16.2. The summed E-state index contributed by atoms with van der Waals surface area (Å²) >= 11 is 0. The fourth-order valence-electron chi connectivity index (χ4n) is 1.69. The van der Waals surface area contributed by atoms with Crippen molar-refractivity contribution in [1.82, 2.24) is 10.6 Å². The van der Waals surface area contributed by atoms with E-state index < -0.39 is 0 Å². The molecule has 3 N–H and O–H groups in total. The monoisotopic (exact) mass is 244 g/mol. The Kier molecular flexibility index (Phi) is 9.92. The van der Waals surface area contributed by atoms with Crippen LogP contribution in [0.1, 0.15) is 52.9 Å². The van der Waals surface area contributed by atoms with E-state index in [-0.39, 0.29) is 18.7 Å². The second-order valence-electron chi connectivity index (χ2n) is 4.56. The maximum atomic E-state index is 11.5. The van der Waals surface area contributed by atoms with Crippen LogP contribution in [0.4, 0.5) is 4.79 Å². The molecule has 0 heterocycles. The minimum absolute atomic E-state index is 0.00301. The molecular weight excluding hydrogens is 216 g/mol. The highest BCUT2D eigenvalue weighted by Crippen LogP contribution is 2.10. The van der Waals surface area contributed by atoms with Crippen molar-refractivity contribution < 1.29 is 9.90 Å². The Morgan fingerprint density at radius 3 is 2.41 bits per heavy atom. The van der Waals surface area contributed by atoms with Gasteiger partial charge < -0.3 is 15.7 Å². The molecule has 0 fully saturated rings. The van der Waals surface area contributed by atoms with Crippen LogP contribution in [0.2, 0.25) is 0 Å². The zero-order chi connectivity index (χ0) is 13.1. The van der Waals surface area contributed by atoms with Gasteiger partial charge in [-0.3, -0.25) is 0 Å². The molecular formula is C13H28N2O2. The lowest BCUT2D eigenvalue weighted by molar-refractivity contribution is 0.213. The fourth-order valence-corrected chi connectivity index (χ4v) is 1.69. The van der Waals surface area contributed by atoms with Crippen LogP contribution >= 0.6 is 0 Å². The second-order valence-corrected chi connectivity index (χ2v) is 4.56. The highest BCUT2D eigenvalue weighted by molar-refractivity contribution is 5.74. The molecule has 2 atom stereocenters. The molecule has 4 nitrogen and oxygen atoms in total. The molecule has 0 spiro atoms. The molecule has 17 heavy (non-hydrogen) atoms. The lowest BCUT2D eigenvalue weighted by Gasteiger charge is -2.18. The predicted molar refractivity (Wildman–Crippen MR) is 71.0 cm³/mol. The summed E-state index contributed by atoms with van der Waals surface area (Å²) in [6, 6.07) is -0.299. The highest BCUT2D eigenvalue weighted by atomic mass is 16.3. The molecule has 0 aromatic rings. The largest absolute Gasteiger partial charge is 0.394 e. The third kappa shape index (κ3) is 8.02. The topological polar surface area (TPSA) is 61.4 Å². The van der Waals surface area contributed by atoms with Crippen LogP contribution in [0.5, 0.6) is 0 Å². The number of rotatable bonds is 9. The highest BCUT2D eigenvalue weighted by Gasteiger charge is 2.11. The van der Waals surface area contributed by atoms with Gasteiger partial charge in [0.05, 0.1) is 12.6 Å². The van der Waals surface area contributed by atoms with Gasteiger partial charge in [0, 0.05) is 6.54 Å². The number of amides is 2. The van der Waals surface area contributed by atoms with Crippen molar-refractivity contribution in [3.8, 4) is 0 Å². The van der Waals surface area contributed by atoms with E-state index in [4.69, 9.17) is 5.11 Å². The number of carbonyl (C=O) groups is 1. The Morgan fingerprint density at radius 2 is 1.94 bits per heavy atom. The predicted octanol–water partition coefficient (Wildman–Crippen LogP) is 2.27. The van der Waals surface area contributed by atoms with Gasteiger partial charge in [-0.05, 0) is 18.8 Å². The molecule has 0 radical (unpaired) electrons. The van der Waals surface area contributed by atoms with E-state index in [1.54, 1.807) is 0 Å². The van der Waals surface area contributed by atoms with Crippen molar-refractivity contribution in [3.63, 3.8) is 0 Å². The number of nitrogens with one attached hydrogen (secondary N) is 2. The van der Waals surface area contributed by atoms with Crippen LogP contribution < -0.4 is 10.6 Å². The fraction of sp³-hybridized carbons (Fsp3) is 0.923. The van der Waals surface area contributed by atoms with Crippen LogP contribution in [0, 0.1) is 5.92 Å². The summed E-state index contributed by atoms with van der Waals surface area (Å²) < 4.78 is 0. The van der Waals surface area contributed by atoms with Crippen LogP contribution in [0.25, 0.3) is 0 Å². The summed E-state index contributed by atoms with van der Waals surface area (Å²) in [5.74, 6) is 0.565. The van der Waals surface area contributed by atoms with Gasteiger partial charge in [-0.25, -0.2) is 4.79 Å². The van der Waals surface area contributed by atoms with Crippen LogP contribution in [0.3, 0.4) is 0 Å². The second kappa shape index (κ2) is 10.4. The lowest BCUT2D eigenvalue weighted by atomic mass is 9.99. The number of hydrogen-bond donors (Lipinski definition) is 3. The van der Waals surface area contributed by atoms with Gasteiger partial charge in [-0.15, -0.1) is 0 Å². The standard InChI is InChI=1S/C13H28N2O2/c1-4-7-8-11(5-2)9-14-13(17)15-12(6-3)10-16/h11-12,16H,4-10H2,1-3H3,(H2,14,15,17). The van der Waals surface area contributed by atoms with E-state index in [1.165, 1.54) is 19.3 Å². The molecule has 0 rings (SSSR count). The Balaban J connectivity index is 3.79. The lowest BCUT2D eigenvalue weighted by Crippen LogP contribution is -2.44. The summed E-state index contributed by atoms with van der Waals surface area (Å²) in [4.78, 5) is 11.5. The first-order valence-corrected chi connectivity index (χ1v) is 6.83. The maximum absolute atomic E-state index is 11.5. The van der Waals surface area contributed by atoms with Gasteiger partial charge in [-0.2, -0.15) is 0 Å². The number of carbonyl (C=O) groups excluding carboxylic acids is 1. The van der Waals surface area contributed by atoms with E-state index in [0.29, 0.717) is 5.92 Å². The summed E-state index contributed by atoms with van der Waals surface area (Å²) in [7, 11) is 0. The minimum Gasteiger partial charge on any atom is -0.394 e. The van der Waals surface area contributed by atoms with Gasteiger partial charge in [0.1, 0.15) is 0 Å². The van der Waals surface area contributed by atoms with Crippen molar-refractivity contribution in [2.45, 2.75) is 58.9 Å². The van der Waals surface area contributed by atoms with Gasteiger partial charge in [0.25, 0.3) is 0 Å². The van der Waals surface area contributed by atoms with E-state index in [2.05, 4.69) is 24.5 Å². The van der Waals surface area contributed by atoms with Crippen molar-refractivity contribution >= 4 is 6.03 Å². The molecule has 102 valence electrons. The smallest absolute Gasteiger partial charge is 0.315 e. The number of unbranched alkanes of at least 4 members (excludes halogenated alkanes) is 1. The Bertz CT molecular complexity index is 194. The number of aliphatic hydroxyl groups excluding tert-OH is 1. The van der Waals surface area contributed by atoms with Crippen molar-refractivity contribution in [2.24, 2.45) is 5.92 Å².